The van der Waals surface area contributed by atoms with E-state index in [1.807, 2.05) is 0 Å². The van der Waals surface area contributed by atoms with Crippen LogP contribution in [0, 0.1) is 5.92 Å². The van der Waals surface area contributed by atoms with Gasteiger partial charge < -0.3 is 9.84 Å². The lowest BCUT2D eigenvalue weighted by Gasteiger charge is -2.43. The molecule has 1 N–H and O–H groups in total. The summed E-state index contributed by atoms with van der Waals surface area (Å²) in [6.07, 6.45) is 6.29. The minimum atomic E-state index is -0.846. The summed E-state index contributed by atoms with van der Waals surface area (Å²) in [6.45, 7) is 9.61. The van der Waals surface area contributed by atoms with Crippen LogP contribution in [0.25, 0.3) is 0 Å². The molecule has 1 aliphatic heterocycles. The quantitative estimate of drug-likeness (QED) is 0.800. The van der Waals surface area contributed by atoms with Crippen LogP contribution in [0.3, 0.4) is 0 Å². The Bertz CT molecular complexity index is 443. The van der Waals surface area contributed by atoms with Crippen LogP contribution in [-0.2, 0) is 9.53 Å². The molecule has 0 aromatic heterocycles. The third-order valence-electron chi connectivity index (χ3n) is 4.74. The van der Waals surface area contributed by atoms with Crippen LogP contribution in [-0.4, -0.2) is 22.1 Å². The first-order chi connectivity index (χ1) is 9.25. The molecule has 0 aromatic carbocycles. The van der Waals surface area contributed by atoms with E-state index in [-0.39, 0.29) is 17.3 Å². The fraction of sp³-hybridized carbons (Fsp3) is 0.706. The van der Waals surface area contributed by atoms with Gasteiger partial charge in [-0.05, 0) is 46.5 Å². The van der Waals surface area contributed by atoms with Crippen LogP contribution in [0.1, 0.15) is 59.3 Å². The van der Waals surface area contributed by atoms with Crippen LogP contribution in [0.15, 0.2) is 24.0 Å². The van der Waals surface area contributed by atoms with Gasteiger partial charge in [-0.3, -0.25) is 4.79 Å². The molecule has 2 rings (SSSR count). The van der Waals surface area contributed by atoms with Crippen molar-refractivity contribution >= 4 is 5.78 Å². The van der Waals surface area contributed by atoms with E-state index in [1.54, 1.807) is 13.0 Å². The molecule has 2 aliphatic rings. The van der Waals surface area contributed by atoms with Crippen LogP contribution < -0.4 is 0 Å². The Morgan fingerprint density at radius 2 is 2.20 bits per heavy atom. The number of Topliss-reactive ketones (excluding diaryl/α,β-unsaturated/α-hetero) is 1. The smallest absolute Gasteiger partial charge is 0.162 e. The second-order valence-electron chi connectivity index (χ2n) is 6.88. The van der Waals surface area contributed by atoms with Crippen molar-refractivity contribution in [2.75, 3.05) is 0 Å². The van der Waals surface area contributed by atoms with Crippen LogP contribution in [0.5, 0.6) is 0 Å². The molecule has 1 aliphatic carbocycles. The van der Waals surface area contributed by atoms with Gasteiger partial charge in [-0.2, -0.15) is 0 Å². The van der Waals surface area contributed by atoms with Crippen LogP contribution in [0.4, 0.5) is 0 Å². The van der Waals surface area contributed by atoms with E-state index in [2.05, 4.69) is 20.4 Å². The van der Waals surface area contributed by atoms with Gasteiger partial charge in [-0.15, -0.1) is 6.58 Å². The average molecular weight is 278 g/mol. The predicted octanol–water partition coefficient (Wildman–Crippen LogP) is 3.53. The number of ketones is 1. The van der Waals surface area contributed by atoms with Gasteiger partial charge in [0.25, 0.3) is 0 Å². The van der Waals surface area contributed by atoms with E-state index >= 15 is 0 Å². The number of rotatable bonds is 4. The van der Waals surface area contributed by atoms with E-state index in [0.29, 0.717) is 12.8 Å². The SMILES string of the molecule is C=CC(C)(O)CCC1CC2=C(CCCC2=O)OC1(C)C. The number of hydrogen-bond donors (Lipinski definition) is 1. The first kappa shape index (κ1) is 15.3. The molecule has 0 amide bonds. The van der Waals surface area contributed by atoms with Crippen LogP contribution >= 0.6 is 0 Å². The number of carbonyl (C=O) groups excluding carboxylic acids is 1. The van der Waals surface area contributed by atoms with E-state index < -0.39 is 5.60 Å². The maximum absolute atomic E-state index is 12.0. The highest BCUT2D eigenvalue weighted by molar-refractivity contribution is 5.96. The summed E-state index contributed by atoms with van der Waals surface area (Å²) in [6, 6.07) is 0. The third-order valence-corrected chi connectivity index (χ3v) is 4.74. The lowest BCUT2D eigenvalue weighted by atomic mass is 9.75. The Balaban J connectivity index is 2.12. The Morgan fingerprint density at radius 3 is 2.85 bits per heavy atom. The van der Waals surface area contributed by atoms with Gasteiger partial charge in [0, 0.05) is 24.3 Å². The molecule has 0 bridgehead atoms. The van der Waals surface area contributed by atoms with Gasteiger partial charge in [0.2, 0.25) is 0 Å². The van der Waals surface area contributed by atoms with Crippen molar-refractivity contribution in [3.63, 3.8) is 0 Å². The van der Waals surface area contributed by atoms with Gasteiger partial charge in [0.05, 0.1) is 5.60 Å². The summed E-state index contributed by atoms with van der Waals surface area (Å²) < 4.78 is 6.11. The summed E-state index contributed by atoms with van der Waals surface area (Å²) in [5, 5.41) is 10.1. The van der Waals surface area contributed by atoms with E-state index in [1.165, 1.54) is 0 Å². The summed E-state index contributed by atoms with van der Waals surface area (Å²) in [4.78, 5) is 12.0. The standard InChI is InChI=1S/C17H26O3/c1-5-17(4,19)10-9-12-11-13-14(18)7-6-8-15(13)20-16(12,2)3/h5,12,19H,1,6-11H2,2-4H3. The molecule has 3 heteroatoms. The molecule has 0 spiro atoms. The molecule has 2 unspecified atom stereocenters. The maximum atomic E-state index is 12.0. The Kier molecular flexibility index (Phi) is 4.10. The number of hydrogen-bond acceptors (Lipinski definition) is 3. The molecular formula is C17H26O3. The second kappa shape index (κ2) is 5.36. The Morgan fingerprint density at radius 1 is 1.50 bits per heavy atom. The molecule has 0 fully saturated rings. The second-order valence-corrected chi connectivity index (χ2v) is 6.88. The van der Waals surface area contributed by atoms with E-state index in [9.17, 15) is 9.90 Å². The van der Waals surface area contributed by atoms with Crippen molar-refractivity contribution in [3.8, 4) is 0 Å². The van der Waals surface area contributed by atoms with Gasteiger partial charge >= 0.3 is 0 Å². The molecule has 3 nitrogen and oxygen atoms in total. The number of allylic oxidation sites excluding steroid dienone is 2. The summed E-state index contributed by atoms with van der Waals surface area (Å²) in [5.74, 6) is 1.43. The largest absolute Gasteiger partial charge is 0.491 e. The molecule has 20 heavy (non-hydrogen) atoms. The first-order valence-electron chi connectivity index (χ1n) is 7.55. The fourth-order valence-corrected chi connectivity index (χ4v) is 3.12. The highest BCUT2D eigenvalue weighted by atomic mass is 16.5. The lowest BCUT2D eigenvalue weighted by molar-refractivity contribution is -0.119. The molecule has 1 heterocycles. The topological polar surface area (TPSA) is 46.5 Å². The monoisotopic (exact) mass is 278 g/mol. The predicted molar refractivity (Wildman–Crippen MR) is 79.2 cm³/mol. The van der Waals surface area contributed by atoms with Crippen molar-refractivity contribution < 1.29 is 14.6 Å². The molecule has 0 radical (unpaired) electrons. The van der Waals surface area contributed by atoms with Gasteiger partial charge in [-0.25, -0.2) is 0 Å². The van der Waals surface area contributed by atoms with Gasteiger partial charge in [0.1, 0.15) is 11.4 Å². The summed E-state index contributed by atoms with van der Waals surface area (Å²) in [7, 11) is 0. The number of carbonyl (C=O) groups is 1. The van der Waals surface area contributed by atoms with E-state index in [4.69, 9.17) is 4.74 Å². The molecule has 0 saturated carbocycles. The highest BCUT2D eigenvalue weighted by Crippen LogP contribution is 2.43. The fourth-order valence-electron chi connectivity index (χ4n) is 3.12. The lowest BCUT2D eigenvalue weighted by Crippen LogP contribution is -2.41. The summed E-state index contributed by atoms with van der Waals surface area (Å²) >= 11 is 0. The third kappa shape index (κ3) is 3.14. The molecule has 112 valence electrons. The summed E-state index contributed by atoms with van der Waals surface area (Å²) in [5.41, 5.74) is -0.214. The molecule has 0 saturated heterocycles. The van der Waals surface area contributed by atoms with Gasteiger partial charge in [-0.1, -0.05) is 6.08 Å². The Labute approximate surface area is 121 Å². The van der Waals surface area contributed by atoms with Crippen molar-refractivity contribution in [2.24, 2.45) is 5.92 Å². The van der Waals surface area contributed by atoms with Crippen molar-refractivity contribution in [3.05, 3.63) is 24.0 Å². The minimum absolute atomic E-state index is 0.252. The molecular weight excluding hydrogens is 252 g/mol. The average Bonchev–Trinajstić information content (AvgIpc) is 2.36. The van der Waals surface area contributed by atoms with E-state index in [0.717, 1.165) is 37.0 Å². The first-order valence-corrected chi connectivity index (χ1v) is 7.55. The zero-order chi connectivity index (χ0) is 15.0. The number of aliphatic hydroxyl groups is 1. The Hall–Kier alpha value is -1.09. The zero-order valence-electron chi connectivity index (χ0n) is 12.9. The minimum Gasteiger partial charge on any atom is -0.491 e. The molecule has 0 aromatic rings. The van der Waals surface area contributed by atoms with Crippen molar-refractivity contribution in [1.29, 1.82) is 0 Å². The maximum Gasteiger partial charge on any atom is 0.162 e. The van der Waals surface area contributed by atoms with Gasteiger partial charge in [0.15, 0.2) is 5.78 Å². The molecule has 2 atom stereocenters. The highest BCUT2D eigenvalue weighted by Gasteiger charge is 2.41. The zero-order valence-corrected chi connectivity index (χ0v) is 12.9. The van der Waals surface area contributed by atoms with Crippen molar-refractivity contribution in [2.45, 2.75) is 70.5 Å². The normalized spacial score (nSPS) is 28.4. The number of ether oxygens (including phenoxy) is 1. The van der Waals surface area contributed by atoms with Crippen LogP contribution in [0.2, 0.25) is 0 Å². The van der Waals surface area contributed by atoms with Crippen molar-refractivity contribution in [1.82, 2.24) is 0 Å².